The summed E-state index contributed by atoms with van der Waals surface area (Å²) < 4.78 is 0. The maximum Gasteiger partial charge on any atom is 0.0254 e. The summed E-state index contributed by atoms with van der Waals surface area (Å²) in [6.45, 7) is 0. The Kier molecular flexibility index (Phi) is 3.87. The van der Waals surface area contributed by atoms with Crippen LogP contribution in [0.1, 0.15) is 12.8 Å². The van der Waals surface area contributed by atoms with E-state index < -0.39 is 0 Å². The van der Waals surface area contributed by atoms with E-state index in [9.17, 15) is 0 Å². The fourth-order valence-corrected chi connectivity index (χ4v) is 1.68. The molecule has 2 heteroatoms. The topological polar surface area (TPSA) is 0 Å². The molecule has 1 rings (SSSR count). The minimum Gasteiger partial charge on any atom is -0.126 e. The molecule has 0 spiro atoms. The summed E-state index contributed by atoms with van der Waals surface area (Å²) in [5.41, 5.74) is 0. The summed E-state index contributed by atoms with van der Waals surface area (Å²) in [6.07, 6.45) is 6.81. The molecule has 1 fully saturated rings. The SMILES string of the molecule is ClCC1[CH]CC(CCl)[CH]C1. The molecule has 0 aromatic rings. The number of halogens is 2. The molecule has 2 atom stereocenters. The Morgan fingerprint density at radius 1 is 1.00 bits per heavy atom. The lowest BCUT2D eigenvalue weighted by atomic mass is 9.84. The molecule has 0 heterocycles. The van der Waals surface area contributed by atoms with Crippen molar-refractivity contribution in [2.75, 3.05) is 11.8 Å². The van der Waals surface area contributed by atoms with Gasteiger partial charge < -0.3 is 0 Å². The van der Waals surface area contributed by atoms with Crippen molar-refractivity contribution in [1.29, 1.82) is 0 Å². The summed E-state index contributed by atoms with van der Waals surface area (Å²) in [5, 5.41) is 0. The molecule has 0 aromatic carbocycles. The van der Waals surface area contributed by atoms with Gasteiger partial charge in [0.1, 0.15) is 0 Å². The Hall–Kier alpha value is 0.580. The summed E-state index contributed by atoms with van der Waals surface area (Å²) >= 11 is 11.4. The molecule has 0 N–H and O–H groups in total. The van der Waals surface area contributed by atoms with E-state index in [1.54, 1.807) is 0 Å². The number of hydrogen-bond donors (Lipinski definition) is 0. The number of hydrogen-bond acceptors (Lipinski definition) is 0. The van der Waals surface area contributed by atoms with Crippen molar-refractivity contribution in [1.82, 2.24) is 0 Å². The van der Waals surface area contributed by atoms with Crippen LogP contribution in [0.5, 0.6) is 0 Å². The van der Waals surface area contributed by atoms with Gasteiger partial charge in [-0.2, -0.15) is 0 Å². The summed E-state index contributed by atoms with van der Waals surface area (Å²) in [4.78, 5) is 0. The van der Waals surface area contributed by atoms with Crippen LogP contribution in [-0.4, -0.2) is 11.8 Å². The minimum atomic E-state index is 0.598. The van der Waals surface area contributed by atoms with Crippen molar-refractivity contribution in [2.24, 2.45) is 11.8 Å². The van der Waals surface area contributed by atoms with E-state index in [4.69, 9.17) is 23.2 Å². The first-order chi connectivity index (χ1) is 4.86. The Labute approximate surface area is 72.9 Å². The zero-order valence-corrected chi connectivity index (χ0v) is 7.41. The summed E-state index contributed by atoms with van der Waals surface area (Å²) in [6, 6.07) is 0. The first kappa shape index (κ1) is 8.67. The lowest BCUT2D eigenvalue weighted by Crippen LogP contribution is -2.17. The van der Waals surface area contributed by atoms with E-state index in [1.807, 2.05) is 0 Å². The highest BCUT2D eigenvalue weighted by atomic mass is 35.5. The lowest BCUT2D eigenvalue weighted by molar-refractivity contribution is 0.479. The molecule has 1 aliphatic carbocycles. The largest absolute Gasteiger partial charge is 0.126 e. The summed E-state index contributed by atoms with van der Waals surface area (Å²) in [7, 11) is 0. The highest BCUT2D eigenvalue weighted by molar-refractivity contribution is 6.18. The van der Waals surface area contributed by atoms with Crippen molar-refractivity contribution in [3.8, 4) is 0 Å². The van der Waals surface area contributed by atoms with Crippen LogP contribution in [0.25, 0.3) is 0 Å². The van der Waals surface area contributed by atoms with Crippen LogP contribution < -0.4 is 0 Å². The van der Waals surface area contributed by atoms with Gasteiger partial charge in [0.25, 0.3) is 0 Å². The third-order valence-electron chi connectivity index (χ3n) is 1.94. The molecule has 0 amide bonds. The number of rotatable bonds is 2. The molecule has 2 radical (unpaired) electrons. The zero-order chi connectivity index (χ0) is 7.40. The average molecular weight is 179 g/mol. The van der Waals surface area contributed by atoms with Crippen LogP contribution in [0, 0.1) is 24.7 Å². The van der Waals surface area contributed by atoms with Gasteiger partial charge in [-0.25, -0.2) is 0 Å². The van der Waals surface area contributed by atoms with Gasteiger partial charge in [-0.15, -0.1) is 23.2 Å². The Morgan fingerprint density at radius 3 is 1.60 bits per heavy atom. The van der Waals surface area contributed by atoms with Crippen LogP contribution in [0.15, 0.2) is 0 Å². The Balaban J connectivity index is 2.17. The first-order valence-electron chi connectivity index (χ1n) is 3.65. The second-order valence-electron chi connectivity index (χ2n) is 2.77. The normalized spacial score (nSPS) is 34.2. The van der Waals surface area contributed by atoms with E-state index in [0.29, 0.717) is 11.8 Å². The molecule has 58 valence electrons. The fourth-order valence-electron chi connectivity index (χ4n) is 1.18. The molecule has 10 heavy (non-hydrogen) atoms. The Bertz CT molecular complexity index is 73.3. The van der Waals surface area contributed by atoms with E-state index in [2.05, 4.69) is 12.8 Å². The van der Waals surface area contributed by atoms with Gasteiger partial charge in [-0.3, -0.25) is 0 Å². The van der Waals surface area contributed by atoms with Crippen LogP contribution in [0.2, 0.25) is 0 Å². The maximum atomic E-state index is 5.69. The van der Waals surface area contributed by atoms with E-state index in [0.717, 1.165) is 24.6 Å². The van der Waals surface area contributed by atoms with Crippen molar-refractivity contribution < 1.29 is 0 Å². The highest BCUT2D eigenvalue weighted by Gasteiger charge is 2.19. The minimum absolute atomic E-state index is 0.598. The third-order valence-corrected chi connectivity index (χ3v) is 2.73. The average Bonchev–Trinajstić information content (AvgIpc) is 2.05. The molecule has 0 bridgehead atoms. The van der Waals surface area contributed by atoms with Crippen molar-refractivity contribution in [3.05, 3.63) is 12.8 Å². The highest BCUT2D eigenvalue weighted by Crippen LogP contribution is 2.28. The molecule has 1 saturated carbocycles. The predicted molar refractivity (Wildman–Crippen MR) is 46.3 cm³/mol. The van der Waals surface area contributed by atoms with Crippen LogP contribution in [0.4, 0.5) is 0 Å². The standard InChI is InChI=1S/C8H12Cl2/c9-5-7-1-2-8(6-10)4-3-7/h1,4,7-8H,2-3,5-6H2. The third kappa shape index (κ3) is 2.32. The smallest absolute Gasteiger partial charge is 0.0254 e. The molecule has 2 unspecified atom stereocenters. The molecule has 0 saturated heterocycles. The predicted octanol–water partition coefficient (Wildman–Crippen LogP) is 2.90. The van der Waals surface area contributed by atoms with E-state index in [1.165, 1.54) is 0 Å². The van der Waals surface area contributed by atoms with Gasteiger partial charge in [0.05, 0.1) is 0 Å². The van der Waals surface area contributed by atoms with Gasteiger partial charge in [-0.05, 0) is 37.5 Å². The maximum absolute atomic E-state index is 5.69. The van der Waals surface area contributed by atoms with Gasteiger partial charge in [0.2, 0.25) is 0 Å². The molecule has 0 nitrogen and oxygen atoms in total. The number of alkyl halides is 2. The van der Waals surface area contributed by atoms with Gasteiger partial charge in [-0.1, -0.05) is 0 Å². The molecular weight excluding hydrogens is 167 g/mol. The van der Waals surface area contributed by atoms with Crippen LogP contribution in [-0.2, 0) is 0 Å². The quantitative estimate of drug-likeness (QED) is 0.571. The molecular formula is C8H12Cl2. The van der Waals surface area contributed by atoms with Crippen molar-refractivity contribution >= 4 is 23.2 Å². The van der Waals surface area contributed by atoms with E-state index >= 15 is 0 Å². The fraction of sp³-hybridized carbons (Fsp3) is 0.750. The molecule has 1 aliphatic rings. The first-order valence-corrected chi connectivity index (χ1v) is 4.72. The van der Waals surface area contributed by atoms with E-state index in [-0.39, 0.29) is 0 Å². The monoisotopic (exact) mass is 178 g/mol. The lowest BCUT2D eigenvalue weighted by Gasteiger charge is -2.24. The van der Waals surface area contributed by atoms with Crippen LogP contribution in [0.3, 0.4) is 0 Å². The second kappa shape index (κ2) is 4.46. The van der Waals surface area contributed by atoms with Gasteiger partial charge in [0, 0.05) is 11.8 Å². The second-order valence-corrected chi connectivity index (χ2v) is 3.39. The van der Waals surface area contributed by atoms with Gasteiger partial charge >= 0.3 is 0 Å². The van der Waals surface area contributed by atoms with Crippen LogP contribution >= 0.6 is 23.2 Å². The summed E-state index contributed by atoms with van der Waals surface area (Å²) in [5.74, 6) is 2.71. The molecule has 0 aliphatic heterocycles. The van der Waals surface area contributed by atoms with Crippen molar-refractivity contribution in [2.45, 2.75) is 12.8 Å². The zero-order valence-electron chi connectivity index (χ0n) is 5.89. The van der Waals surface area contributed by atoms with Gasteiger partial charge in [0.15, 0.2) is 0 Å². The van der Waals surface area contributed by atoms with Crippen molar-refractivity contribution in [3.63, 3.8) is 0 Å². The Morgan fingerprint density at radius 2 is 1.40 bits per heavy atom. The molecule has 0 aromatic heterocycles.